The van der Waals surface area contributed by atoms with Crippen LogP contribution in [0.4, 0.5) is 0 Å². The molecule has 5 heteroatoms. The molecule has 0 amide bonds. The van der Waals surface area contributed by atoms with Crippen LogP contribution in [0.15, 0.2) is 53.7 Å². The van der Waals surface area contributed by atoms with Gasteiger partial charge in [-0.1, -0.05) is 32.0 Å². The number of guanidine groups is 1. The van der Waals surface area contributed by atoms with Gasteiger partial charge in [-0.05, 0) is 42.7 Å². The SMILES string of the molecule is CN=C(NCCc1ccccn1)NC(C)c1ccc(OCC(C)C)cc1. The fourth-order valence-electron chi connectivity index (χ4n) is 2.45. The Hall–Kier alpha value is -2.56. The van der Waals surface area contributed by atoms with Crippen LogP contribution >= 0.6 is 0 Å². The average Bonchev–Trinajstić information content (AvgIpc) is 2.66. The molecule has 1 heterocycles. The van der Waals surface area contributed by atoms with Crippen LogP contribution in [0.25, 0.3) is 0 Å². The third kappa shape index (κ3) is 6.75. The summed E-state index contributed by atoms with van der Waals surface area (Å²) in [5, 5.41) is 6.75. The topological polar surface area (TPSA) is 58.5 Å². The predicted molar refractivity (Wildman–Crippen MR) is 108 cm³/mol. The summed E-state index contributed by atoms with van der Waals surface area (Å²) in [6, 6.07) is 14.3. The molecule has 0 aliphatic heterocycles. The highest BCUT2D eigenvalue weighted by Crippen LogP contribution is 2.18. The van der Waals surface area contributed by atoms with Gasteiger partial charge in [0.1, 0.15) is 5.75 Å². The van der Waals surface area contributed by atoms with Crippen molar-refractivity contribution in [1.82, 2.24) is 15.6 Å². The second-order valence-corrected chi connectivity index (χ2v) is 6.71. The minimum atomic E-state index is 0.148. The van der Waals surface area contributed by atoms with Crippen LogP contribution in [0.2, 0.25) is 0 Å². The third-order valence-electron chi connectivity index (χ3n) is 3.94. The maximum Gasteiger partial charge on any atom is 0.191 e. The summed E-state index contributed by atoms with van der Waals surface area (Å²) in [4.78, 5) is 8.63. The Kier molecular flexibility index (Phi) is 7.93. The number of hydrogen-bond acceptors (Lipinski definition) is 3. The van der Waals surface area contributed by atoms with E-state index in [-0.39, 0.29) is 6.04 Å². The van der Waals surface area contributed by atoms with E-state index in [0.717, 1.165) is 37.0 Å². The molecular formula is C21H30N4O. The predicted octanol–water partition coefficient (Wildman–Crippen LogP) is 3.59. The van der Waals surface area contributed by atoms with E-state index in [4.69, 9.17) is 4.74 Å². The minimum Gasteiger partial charge on any atom is -0.493 e. The van der Waals surface area contributed by atoms with Crippen molar-refractivity contribution < 1.29 is 4.74 Å². The number of nitrogens with zero attached hydrogens (tertiary/aromatic N) is 2. The summed E-state index contributed by atoms with van der Waals surface area (Å²) in [5.41, 5.74) is 2.26. The number of hydrogen-bond donors (Lipinski definition) is 2. The van der Waals surface area contributed by atoms with Crippen molar-refractivity contribution in [3.05, 3.63) is 59.9 Å². The van der Waals surface area contributed by atoms with Gasteiger partial charge in [-0.15, -0.1) is 0 Å². The van der Waals surface area contributed by atoms with E-state index in [0.29, 0.717) is 5.92 Å². The first-order chi connectivity index (χ1) is 12.6. The molecule has 0 aliphatic rings. The van der Waals surface area contributed by atoms with Crippen LogP contribution in [-0.2, 0) is 6.42 Å². The lowest BCUT2D eigenvalue weighted by atomic mass is 10.1. The highest BCUT2D eigenvalue weighted by atomic mass is 16.5. The second-order valence-electron chi connectivity index (χ2n) is 6.71. The quantitative estimate of drug-likeness (QED) is 0.562. The van der Waals surface area contributed by atoms with Crippen LogP contribution in [0, 0.1) is 5.92 Å². The van der Waals surface area contributed by atoms with Gasteiger partial charge in [-0.3, -0.25) is 9.98 Å². The molecular weight excluding hydrogens is 324 g/mol. The second kappa shape index (κ2) is 10.4. The molecule has 1 atom stereocenters. The minimum absolute atomic E-state index is 0.148. The molecule has 2 rings (SSSR count). The highest BCUT2D eigenvalue weighted by Gasteiger charge is 2.08. The maximum atomic E-state index is 5.74. The van der Waals surface area contributed by atoms with E-state index in [9.17, 15) is 0 Å². The average molecular weight is 354 g/mol. The van der Waals surface area contributed by atoms with Crippen molar-refractivity contribution in [2.45, 2.75) is 33.2 Å². The molecule has 140 valence electrons. The van der Waals surface area contributed by atoms with E-state index in [2.05, 4.69) is 53.5 Å². The summed E-state index contributed by atoms with van der Waals surface area (Å²) in [5.74, 6) is 2.22. The monoisotopic (exact) mass is 354 g/mol. The summed E-state index contributed by atoms with van der Waals surface area (Å²) in [6.45, 7) is 7.93. The van der Waals surface area contributed by atoms with Gasteiger partial charge in [0.05, 0.1) is 12.6 Å². The smallest absolute Gasteiger partial charge is 0.191 e. The third-order valence-corrected chi connectivity index (χ3v) is 3.94. The van der Waals surface area contributed by atoms with Crippen LogP contribution < -0.4 is 15.4 Å². The highest BCUT2D eigenvalue weighted by molar-refractivity contribution is 5.80. The first kappa shape index (κ1) is 19.8. The summed E-state index contributed by atoms with van der Waals surface area (Å²) < 4.78 is 5.74. The Morgan fingerprint density at radius 3 is 2.50 bits per heavy atom. The maximum absolute atomic E-state index is 5.74. The summed E-state index contributed by atoms with van der Waals surface area (Å²) in [7, 11) is 1.78. The Bertz CT molecular complexity index is 668. The molecule has 0 fully saturated rings. The lowest BCUT2D eigenvalue weighted by Gasteiger charge is -2.18. The molecule has 0 bridgehead atoms. The molecule has 1 aromatic carbocycles. The summed E-state index contributed by atoms with van der Waals surface area (Å²) >= 11 is 0. The zero-order chi connectivity index (χ0) is 18.8. The van der Waals surface area contributed by atoms with Gasteiger partial charge in [0.2, 0.25) is 0 Å². The molecule has 5 nitrogen and oxygen atoms in total. The lowest BCUT2D eigenvalue weighted by molar-refractivity contribution is 0.271. The van der Waals surface area contributed by atoms with Crippen molar-refractivity contribution in [2.75, 3.05) is 20.2 Å². The van der Waals surface area contributed by atoms with Gasteiger partial charge in [-0.2, -0.15) is 0 Å². The first-order valence-corrected chi connectivity index (χ1v) is 9.18. The number of aromatic nitrogens is 1. The number of ether oxygens (including phenoxy) is 1. The standard InChI is InChI=1S/C21H30N4O/c1-16(2)15-26-20-10-8-18(9-11-20)17(3)25-21(22-4)24-14-12-19-7-5-6-13-23-19/h5-11,13,16-17H,12,14-15H2,1-4H3,(H2,22,24,25). The molecule has 0 radical (unpaired) electrons. The molecule has 26 heavy (non-hydrogen) atoms. The van der Waals surface area contributed by atoms with Gasteiger partial charge >= 0.3 is 0 Å². The van der Waals surface area contributed by atoms with Gasteiger partial charge in [0.25, 0.3) is 0 Å². The fraction of sp³-hybridized carbons (Fsp3) is 0.429. The zero-order valence-electron chi connectivity index (χ0n) is 16.2. The van der Waals surface area contributed by atoms with E-state index in [1.807, 2.05) is 36.5 Å². The Morgan fingerprint density at radius 2 is 1.88 bits per heavy atom. The zero-order valence-corrected chi connectivity index (χ0v) is 16.2. The molecule has 1 unspecified atom stereocenters. The van der Waals surface area contributed by atoms with Crippen molar-refractivity contribution in [3.8, 4) is 5.75 Å². The number of aliphatic imine (C=N–C) groups is 1. The Labute approximate surface area is 156 Å². The Morgan fingerprint density at radius 1 is 1.12 bits per heavy atom. The molecule has 0 spiro atoms. The number of benzene rings is 1. The van der Waals surface area contributed by atoms with Crippen LogP contribution in [0.3, 0.4) is 0 Å². The summed E-state index contributed by atoms with van der Waals surface area (Å²) in [6.07, 6.45) is 2.68. The largest absolute Gasteiger partial charge is 0.493 e. The Balaban J connectivity index is 1.81. The van der Waals surface area contributed by atoms with E-state index < -0.39 is 0 Å². The van der Waals surface area contributed by atoms with Crippen LogP contribution in [0.1, 0.15) is 38.1 Å². The molecule has 2 N–H and O–H groups in total. The normalized spacial score (nSPS) is 12.7. The van der Waals surface area contributed by atoms with Gasteiger partial charge in [0, 0.05) is 31.9 Å². The van der Waals surface area contributed by atoms with Crippen molar-refractivity contribution >= 4 is 5.96 Å². The van der Waals surface area contributed by atoms with Crippen molar-refractivity contribution in [1.29, 1.82) is 0 Å². The van der Waals surface area contributed by atoms with Gasteiger partial charge in [0.15, 0.2) is 5.96 Å². The molecule has 2 aromatic rings. The number of pyridine rings is 1. The number of nitrogens with one attached hydrogen (secondary N) is 2. The van der Waals surface area contributed by atoms with Crippen molar-refractivity contribution in [2.24, 2.45) is 10.9 Å². The number of rotatable bonds is 8. The van der Waals surface area contributed by atoms with Gasteiger partial charge < -0.3 is 15.4 Å². The molecule has 0 aliphatic carbocycles. The van der Waals surface area contributed by atoms with E-state index in [1.54, 1.807) is 7.05 Å². The van der Waals surface area contributed by atoms with Crippen LogP contribution in [0.5, 0.6) is 5.75 Å². The first-order valence-electron chi connectivity index (χ1n) is 9.18. The van der Waals surface area contributed by atoms with Crippen molar-refractivity contribution in [3.63, 3.8) is 0 Å². The molecule has 0 saturated carbocycles. The molecule has 0 saturated heterocycles. The van der Waals surface area contributed by atoms with E-state index in [1.165, 1.54) is 5.56 Å². The molecule has 1 aromatic heterocycles. The lowest BCUT2D eigenvalue weighted by Crippen LogP contribution is -2.39. The van der Waals surface area contributed by atoms with Gasteiger partial charge in [-0.25, -0.2) is 0 Å². The van der Waals surface area contributed by atoms with E-state index >= 15 is 0 Å². The fourth-order valence-corrected chi connectivity index (χ4v) is 2.45. The van der Waals surface area contributed by atoms with Crippen LogP contribution in [-0.4, -0.2) is 31.1 Å².